The Hall–Kier alpha value is 2.85. The second-order valence-electron chi connectivity index (χ2n) is 1.22. The molecular weight excluding hydrogens is 229 g/mol. The monoisotopic (exact) mass is 232 g/mol. The van der Waals surface area contributed by atoms with Crippen molar-refractivity contribution in [3.8, 4) is 0 Å². The van der Waals surface area contributed by atoms with Gasteiger partial charge in [0.05, 0.1) is 6.16 Å². The molecule has 0 aliphatic carbocycles. The second kappa shape index (κ2) is 9.41. The summed E-state index contributed by atoms with van der Waals surface area (Å²) in [6.45, 7) is 0. The first-order chi connectivity index (χ1) is 3.98. The van der Waals surface area contributed by atoms with Crippen LogP contribution in [0.5, 0.6) is 0 Å². The minimum atomic E-state index is -4.59. The van der Waals surface area contributed by atoms with Crippen LogP contribution in [0.4, 0.5) is 0 Å². The van der Waals surface area contributed by atoms with Crippen molar-refractivity contribution in [3.63, 3.8) is 0 Å². The molecule has 0 fully saturated rings. The Morgan fingerprint density at radius 1 is 1.55 bits per heavy atom. The van der Waals surface area contributed by atoms with Gasteiger partial charge in [0.1, 0.15) is 0 Å². The summed E-state index contributed by atoms with van der Waals surface area (Å²) in [7, 11) is -4.59. The molecule has 1 unspecified atom stereocenters. The maximum Gasteiger partial charge on any atom is 1.00 e. The van der Waals surface area contributed by atoms with Gasteiger partial charge in [-0.15, -0.1) is 0 Å². The van der Waals surface area contributed by atoms with Gasteiger partial charge in [0, 0.05) is 5.97 Å². The van der Waals surface area contributed by atoms with E-state index in [4.69, 9.17) is 5.26 Å². The van der Waals surface area contributed by atoms with Crippen LogP contribution >= 0.6 is 7.60 Å². The Morgan fingerprint density at radius 3 is 2.00 bits per heavy atom. The summed E-state index contributed by atoms with van der Waals surface area (Å²) >= 11 is 0. The van der Waals surface area contributed by atoms with Gasteiger partial charge in [0.2, 0.25) is 0 Å². The molecule has 0 aromatic rings. The number of hydrogen-bond donors (Lipinski definition) is 1. The van der Waals surface area contributed by atoms with Crippen molar-refractivity contribution >= 4 is 13.6 Å². The molecule has 0 aromatic heterocycles. The topological polar surface area (TPSA) is 110 Å². The summed E-state index contributed by atoms with van der Waals surface area (Å²) in [6.07, 6.45) is -1.32. The molecule has 11 heavy (non-hydrogen) atoms. The summed E-state index contributed by atoms with van der Waals surface area (Å²) in [5.74, 6) is -1.82. The van der Waals surface area contributed by atoms with E-state index in [1.54, 1.807) is 0 Å². The molecule has 0 spiro atoms. The summed E-state index contributed by atoms with van der Waals surface area (Å²) in [5.41, 5.74) is 0. The Bertz CT molecular complexity index is 159. The van der Waals surface area contributed by atoms with Crippen LogP contribution < -0.4 is 113 Å². The van der Waals surface area contributed by atoms with Gasteiger partial charge in [-0.2, -0.15) is 4.67 Å². The fourth-order valence-electron chi connectivity index (χ4n) is 0.187. The van der Waals surface area contributed by atoms with Crippen molar-refractivity contribution in [2.75, 3.05) is 6.16 Å². The molecule has 9 heteroatoms. The first-order valence-corrected chi connectivity index (χ1v) is 3.54. The van der Waals surface area contributed by atoms with Gasteiger partial charge in [0.15, 0.2) is 7.60 Å². The van der Waals surface area contributed by atoms with E-state index >= 15 is 0 Å². The van der Waals surface area contributed by atoms with Gasteiger partial charge in [0.25, 0.3) is 0 Å². The van der Waals surface area contributed by atoms with Gasteiger partial charge in [-0.1, -0.05) is 0 Å². The molecule has 0 heterocycles. The number of aliphatic carboxylic acids is 1. The zero-order valence-electron chi connectivity index (χ0n) is 6.14. The fourth-order valence-corrected chi connectivity index (χ4v) is 0.561. The van der Waals surface area contributed by atoms with Gasteiger partial charge < -0.3 is 19.4 Å². The average Bonchev–Trinajstić information content (AvgIpc) is 1.63. The van der Waals surface area contributed by atoms with Crippen LogP contribution in [0.25, 0.3) is 0 Å². The molecule has 54 valence electrons. The van der Waals surface area contributed by atoms with E-state index in [1.165, 1.54) is 0 Å². The first kappa shape index (κ1) is 19.4. The normalized spacial score (nSPS) is 13.6. The van der Waals surface area contributed by atoms with E-state index in [9.17, 15) is 19.4 Å². The minimum absolute atomic E-state index is 0. The van der Waals surface area contributed by atoms with E-state index in [1.807, 2.05) is 0 Å². The molecule has 0 rings (SSSR count). The Balaban J connectivity index is -0.000000320. The van der Waals surface area contributed by atoms with Gasteiger partial charge >= 0.3 is 103 Å². The standard InChI is InChI=1S/C2H5O6P.2K/c3-2(4)1-9(6,7)8-5;;/h5H,1H2,(H,3,4)(H,6,7);;/q;2*+1/p-2. The van der Waals surface area contributed by atoms with Crippen LogP contribution in [0.3, 0.4) is 0 Å². The molecule has 0 saturated carbocycles. The Kier molecular flexibility index (Phi) is 16.6. The first-order valence-electron chi connectivity index (χ1n) is 1.81. The van der Waals surface area contributed by atoms with E-state index in [-0.39, 0.29) is 103 Å². The smallest absolute Gasteiger partial charge is 0.776 e. The number of hydrogen-bond acceptors (Lipinski definition) is 6. The summed E-state index contributed by atoms with van der Waals surface area (Å²) in [4.78, 5) is 19.4. The van der Waals surface area contributed by atoms with Crippen LogP contribution in [0.15, 0.2) is 0 Å². The molecule has 0 aromatic carbocycles. The number of carboxylic acid groups (broad SMARTS) is 1. The van der Waals surface area contributed by atoms with Gasteiger partial charge in [-0.25, -0.2) is 5.26 Å². The van der Waals surface area contributed by atoms with Crippen LogP contribution in [0, 0.1) is 0 Å². The predicted molar refractivity (Wildman–Crippen MR) is 21.2 cm³/mol. The van der Waals surface area contributed by atoms with Crippen molar-refractivity contribution in [2.24, 2.45) is 0 Å². The largest absolute Gasteiger partial charge is 1.00 e. The molecule has 1 atom stereocenters. The van der Waals surface area contributed by atoms with Gasteiger partial charge in [-0.3, -0.25) is 0 Å². The molecule has 0 bridgehead atoms. The maximum absolute atomic E-state index is 9.94. The SMILES string of the molecule is O=C([O-])CP(=O)([O-])OO.[K+].[K+]. The van der Waals surface area contributed by atoms with Crippen molar-refractivity contribution in [2.45, 2.75) is 0 Å². The Morgan fingerprint density at radius 2 is 1.91 bits per heavy atom. The van der Waals surface area contributed by atoms with E-state index < -0.39 is 19.7 Å². The molecular formula is C2H3K2O6P. The van der Waals surface area contributed by atoms with Gasteiger partial charge in [-0.05, 0) is 0 Å². The molecule has 0 saturated heterocycles. The van der Waals surface area contributed by atoms with Crippen LogP contribution in [0.2, 0.25) is 0 Å². The van der Waals surface area contributed by atoms with Crippen molar-refractivity contribution < 1.29 is 132 Å². The maximum atomic E-state index is 9.94. The number of carbonyl (C=O) groups excluding carboxylic acids is 1. The van der Waals surface area contributed by atoms with Crippen LogP contribution in [-0.4, -0.2) is 17.4 Å². The Labute approximate surface area is 148 Å². The second-order valence-corrected chi connectivity index (χ2v) is 2.92. The van der Waals surface area contributed by atoms with Crippen LogP contribution in [-0.2, 0) is 14.0 Å². The number of carboxylic acids is 1. The molecule has 0 radical (unpaired) electrons. The van der Waals surface area contributed by atoms with Crippen LogP contribution in [0.1, 0.15) is 0 Å². The van der Waals surface area contributed by atoms with E-state index in [2.05, 4.69) is 4.67 Å². The summed E-state index contributed by atoms with van der Waals surface area (Å²) in [5, 5.41) is 17.0. The fraction of sp³-hybridized carbons (Fsp3) is 0.500. The van der Waals surface area contributed by atoms with E-state index in [0.717, 1.165) is 0 Å². The third-order valence-corrected chi connectivity index (χ3v) is 1.34. The van der Waals surface area contributed by atoms with E-state index in [0.29, 0.717) is 0 Å². The zero-order valence-corrected chi connectivity index (χ0v) is 13.3. The zero-order chi connectivity index (χ0) is 7.49. The summed E-state index contributed by atoms with van der Waals surface area (Å²) in [6, 6.07) is 0. The predicted octanol–water partition coefficient (Wildman–Crippen LogP) is -8.21. The molecule has 0 aliphatic rings. The van der Waals surface area contributed by atoms with Crippen molar-refractivity contribution in [3.05, 3.63) is 0 Å². The third kappa shape index (κ3) is 12.9. The minimum Gasteiger partial charge on any atom is -0.776 e. The molecule has 0 aliphatic heterocycles. The molecule has 6 nitrogen and oxygen atoms in total. The number of rotatable bonds is 3. The number of carbonyl (C=O) groups is 1. The summed E-state index contributed by atoms with van der Waals surface area (Å²) < 4.78 is 12.8. The molecule has 1 N–H and O–H groups in total. The quantitative estimate of drug-likeness (QED) is 0.224. The average molecular weight is 232 g/mol. The van der Waals surface area contributed by atoms with Crippen molar-refractivity contribution in [1.82, 2.24) is 0 Å². The van der Waals surface area contributed by atoms with Crippen molar-refractivity contribution in [1.29, 1.82) is 0 Å². The third-order valence-electron chi connectivity index (χ3n) is 0.447. The molecule has 0 amide bonds.